The summed E-state index contributed by atoms with van der Waals surface area (Å²) in [6, 6.07) is 0. The van der Waals surface area contributed by atoms with Crippen molar-refractivity contribution in [2.45, 2.75) is 13.5 Å². The van der Waals surface area contributed by atoms with Crippen LogP contribution in [-0.4, -0.2) is 21.4 Å². The average molecular weight is 519 g/mol. The van der Waals surface area contributed by atoms with Crippen LogP contribution in [-0.2, 0) is 45.5 Å². The largest absolute Gasteiger partial charge is 3.00 e. The van der Waals surface area contributed by atoms with Crippen molar-refractivity contribution in [2.24, 2.45) is 10.8 Å². The van der Waals surface area contributed by atoms with Crippen LogP contribution in [0.3, 0.4) is 0 Å². The molecule has 1 aromatic rings. The molecule has 13 nitrogen and oxygen atoms in total. The summed E-state index contributed by atoms with van der Waals surface area (Å²) in [5, 5.41) is 55.6. The standard InChI is InChI=1S/C9H12N4O2S.5CN.Cu.Fe.NO/c1-5-8(15)7(3-12-13-9(10)16)6(4-14)2-11-5;5*1-2;;;1-2/h2-3,14-15H,4H2,1H3,(H3,10,13,16);;;;;;;;/q;5*-1;+2;+3;+1/p-1/b12-3+;;;;;;;;. The molecule has 1 heterocycles. The summed E-state index contributed by atoms with van der Waals surface area (Å²) in [5.41, 5.74) is 14.3. The number of aryl methyl sites for hydroxylation is 1. The molecule has 30 heavy (non-hydrogen) atoms. The van der Waals surface area contributed by atoms with Crippen LogP contribution in [0.25, 0.3) is 0 Å². The van der Waals surface area contributed by atoms with Gasteiger partial charge in [-0.15, -0.1) is 0 Å². The third kappa shape index (κ3) is 29.2. The number of nitrogens with two attached hydrogens (primary N) is 1. The SMILES string of the molecule is Cc1ncc(CO)c(/C=N/NC(N)=S)c1[O-].N#[O+].[C-]#N.[C-]#N.[C-]#N.[C-]#N.[C-]#N.[Cu+2].[Fe+3]. The van der Waals surface area contributed by atoms with E-state index in [4.69, 9.17) is 80.2 Å². The molecule has 0 amide bonds. The molecule has 1 rings (SSSR count). The van der Waals surface area contributed by atoms with Gasteiger partial charge in [0.1, 0.15) is 0 Å². The van der Waals surface area contributed by atoms with Gasteiger partial charge in [-0.1, -0.05) is 5.75 Å². The zero-order chi connectivity index (χ0) is 24.1. The molecule has 1 aromatic heterocycles. The summed E-state index contributed by atoms with van der Waals surface area (Å²) in [5.74, 6) is -0.278. The molecule has 2 radical (unpaired) electrons. The van der Waals surface area contributed by atoms with Gasteiger partial charge in [0.05, 0.1) is 12.8 Å². The van der Waals surface area contributed by atoms with E-state index < -0.39 is 0 Å². The molecule has 160 valence electrons. The number of aliphatic hydroxyl groups excluding tert-OH is 1. The zero-order valence-electron chi connectivity index (χ0n) is 14.8. The first-order valence-corrected chi connectivity index (χ1v) is 6.12. The van der Waals surface area contributed by atoms with Crippen molar-refractivity contribution in [1.29, 1.82) is 31.8 Å². The smallest absolute Gasteiger partial charge is 0.512 e. The Morgan fingerprint density at radius 1 is 1.20 bits per heavy atom. The van der Waals surface area contributed by atoms with Crippen LogP contribution in [0.2, 0.25) is 0 Å². The van der Waals surface area contributed by atoms with Crippen molar-refractivity contribution < 1.29 is 49.1 Å². The first-order chi connectivity index (χ1) is 13.6. The van der Waals surface area contributed by atoms with Crippen LogP contribution in [0.15, 0.2) is 11.3 Å². The number of nitrogens with one attached hydrogen (secondary N) is 1. The Morgan fingerprint density at radius 3 is 1.87 bits per heavy atom. The second-order valence-electron chi connectivity index (χ2n) is 3.00. The molecule has 0 bridgehead atoms. The Labute approximate surface area is 200 Å². The topological polar surface area (TPSA) is 269 Å². The van der Waals surface area contributed by atoms with Crippen molar-refractivity contribution in [2.75, 3.05) is 0 Å². The van der Waals surface area contributed by atoms with Gasteiger partial charge in [0.25, 0.3) is 0 Å². The predicted octanol–water partition coefficient (Wildman–Crippen LogP) is -0.504. The van der Waals surface area contributed by atoms with Gasteiger partial charge in [-0.2, -0.15) is 5.10 Å². The summed E-state index contributed by atoms with van der Waals surface area (Å²) >= 11 is 4.54. The average Bonchev–Trinajstić information content (AvgIpc) is 2.79. The number of pyridine rings is 1. The van der Waals surface area contributed by atoms with E-state index in [9.17, 15) is 5.11 Å². The molecule has 0 aromatic carbocycles. The number of aromatic nitrogens is 1. The fourth-order valence-electron chi connectivity index (χ4n) is 1.07. The summed E-state index contributed by atoms with van der Waals surface area (Å²) in [7, 11) is 0. The minimum absolute atomic E-state index is 0. The normalized spacial score (nSPS) is 6.07. The Morgan fingerprint density at radius 2 is 1.57 bits per heavy atom. The van der Waals surface area contributed by atoms with Crippen molar-refractivity contribution in [3.05, 3.63) is 55.9 Å². The molecule has 0 saturated carbocycles. The van der Waals surface area contributed by atoms with E-state index in [-0.39, 0.29) is 57.2 Å². The Hall–Kier alpha value is -3.57. The third-order valence-electron chi connectivity index (χ3n) is 1.87. The summed E-state index contributed by atoms with van der Waals surface area (Å²) < 4.78 is 7.25. The molecule has 4 N–H and O–H groups in total. The van der Waals surface area contributed by atoms with Crippen molar-refractivity contribution in [3.8, 4) is 5.75 Å². The molecule has 0 spiro atoms. The van der Waals surface area contributed by atoms with Crippen molar-refractivity contribution in [3.63, 3.8) is 0 Å². The molecule has 0 aliphatic carbocycles. The van der Waals surface area contributed by atoms with Gasteiger partial charge in [-0.25, -0.2) is 0 Å². The second-order valence-corrected chi connectivity index (χ2v) is 3.44. The van der Waals surface area contributed by atoms with Gasteiger partial charge in [-0.05, 0) is 24.7 Å². The molecule has 16 heteroatoms. The maximum Gasteiger partial charge on any atom is 3.00 e. The van der Waals surface area contributed by atoms with Gasteiger partial charge < -0.3 is 75.1 Å². The Kier molecular flexibility index (Phi) is 83.8. The molecule has 0 unspecified atom stereocenters. The van der Waals surface area contributed by atoms with E-state index in [1.165, 1.54) is 12.4 Å². The number of hydrazone groups is 1. The van der Waals surface area contributed by atoms with E-state index in [2.05, 4.69) is 27.7 Å². The Balaban J connectivity index is -0.0000000498. The van der Waals surface area contributed by atoms with Crippen LogP contribution in [0.1, 0.15) is 16.8 Å². The van der Waals surface area contributed by atoms with Gasteiger partial charge in [0.2, 0.25) is 0 Å². The summed E-state index contributed by atoms with van der Waals surface area (Å²) in [4.78, 5) is 3.85. The number of hydrogen-bond acceptors (Lipinski definition) is 11. The number of hydrogen-bond donors (Lipinski definition) is 3. The van der Waals surface area contributed by atoms with E-state index in [0.717, 1.165) is 0 Å². The van der Waals surface area contributed by atoms with Crippen LogP contribution >= 0.6 is 12.2 Å². The number of nitrogens with zero attached hydrogens (tertiary/aromatic N) is 8. The first-order valence-electron chi connectivity index (χ1n) is 5.71. The minimum atomic E-state index is -0.281. The van der Waals surface area contributed by atoms with Crippen LogP contribution in [0.4, 0.5) is 0 Å². The third-order valence-corrected chi connectivity index (χ3v) is 1.96. The number of rotatable bonds is 3. The summed E-state index contributed by atoms with van der Waals surface area (Å²) in [6.45, 7) is 25.1. The van der Waals surface area contributed by atoms with E-state index in [0.29, 0.717) is 11.3 Å². The number of thiocarbonyl (C=S) groups is 1. The van der Waals surface area contributed by atoms with Crippen molar-refractivity contribution >= 4 is 23.5 Å². The molecular weight excluding hydrogens is 508 g/mol. The second kappa shape index (κ2) is 50.0. The molecule has 0 atom stereocenters. The van der Waals surface area contributed by atoms with E-state index >= 15 is 0 Å². The molecule has 0 aliphatic heterocycles. The van der Waals surface area contributed by atoms with Crippen LogP contribution in [0, 0.1) is 71.6 Å². The molecule has 0 saturated heterocycles. The maximum atomic E-state index is 11.7. The monoisotopic (exact) mass is 518 g/mol. The fourth-order valence-corrected chi connectivity index (χ4v) is 1.12. The van der Waals surface area contributed by atoms with Gasteiger partial charge in [-0.3, -0.25) is 10.4 Å². The molecular formula is C14H11CuFeN10O3S. The first kappa shape index (κ1) is 50.3. The van der Waals surface area contributed by atoms with Gasteiger partial charge >= 0.3 is 44.4 Å². The summed E-state index contributed by atoms with van der Waals surface area (Å²) in [6.07, 6.45) is 2.70. The maximum absolute atomic E-state index is 11.7. The van der Waals surface area contributed by atoms with Crippen LogP contribution in [0.5, 0.6) is 5.75 Å². The minimum Gasteiger partial charge on any atom is -0.512 e. The van der Waals surface area contributed by atoms with Gasteiger partial charge in [0.15, 0.2) is 5.11 Å². The molecule has 0 aliphatic rings. The van der Waals surface area contributed by atoms with Crippen LogP contribution < -0.4 is 16.3 Å². The van der Waals surface area contributed by atoms with E-state index in [1.807, 2.05) is 0 Å². The predicted molar refractivity (Wildman–Crippen MR) is 89.1 cm³/mol. The fraction of sp³-hybridized carbons (Fsp3) is 0.143. The Bertz CT molecular complexity index is 644. The van der Waals surface area contributed by atoms with Crippen molar-refractivity contribution in [1.82, 2.24) is 10.4 Å². The van der Waals surface area contributed by atoms with E-state index in [1.54, 1.807) is 6.92 Å². The number of aliphatic hydroxyl groups is 1. The van der Waals surface area contributed by atoms with Gasteiger partial charge in [0, 0.05) is 17.5 Å². The zero-order valence-corrected chi connectivity index (χ0v) is 17.7. The quantitative estimate of drug-likeness (QED) is 0.114. The molecule has 0 fully saturated rings.